The van der Waals surface area contributed by atoms with Crippen LogP contribution in [0, 0.1) is 0 Å². The number of benzene rings is 6. The van der Waals surface area contributed by atoms with Crippen molar-refractivity contribution in [1.82, 2.24) is 0 Å². The molecule has 0 unspecified atom stereocenters. The second-order valence-electron chi connectivity index (χ2n) is 11.8. The number of ether oxygens (including phenoxy) is 2. The lowest BCUT2D eigenvalue weighted by molar-refractivity contribution is 0.305. The van der Waals surface area contributed by atoms with Crippen LogP contribution in [0.1, 0.15) is 11.1 Å². The highest BCUT2D eigenvalue weighted by Gasteiger charge is 2.49. The fourth-order valence-electron chi connectivity index (χ4n) is 6.45. The maximum absolute atomic E-state index is 7.01. The molecule has 2 aliphatic heterocycles. The van der Waals surface area contributed by atoms with Crippen LogP contribution in [0.3, 0.4) is 0 Å². The normalized spacial score (nSPS) is 16.2. The minimum atomic E-state index is -2.29. The predicted molar refractivity (Wildman–Crippen MR) is 205 cm³/mol. The Morgan fingerprint density at radius 2 is 0.479 bits per heavy atom. The molecular weight excluding hydrogens is 622 g/mol. The maximum atomic E-state index is 7.01. The topological polar surface area (TPSA) is 18.5 Å². The standard InChI is InChI=1S/C44H34O2P2/c1-7-19-35(20-8-1)41-31-47(37-23-11-3-12-24-37,38-25-13-4-14-26-38)33-43(45-41)44-34-48(39-27-15-5-16-28-39,40-29-17-6-18-30-40)32-42(46-44)36-21-9-2-10-22-36/h1-34H/q+2. The summed E-state index contributed by atoms with van der Waals surface area (Å²) in [6, 6.07) is 64.2. The molecule has 0 radical (unpaired) electrons. The van der Waals surface area contributed by atoms with Gasteiger partial charge in [-0.2, -0.15) is 0 Å². The van der Waals surface area contributed by atoms with E-state index in [0.717, 1.165) is 34.2 Å². The van der Waals surface area contributed by atoms with Crippen LogP contribution in [-0.2, 0) is 9.47 Å². The van der Waals surface area contributed by atoms with Gasteiger partial charge in [0.25, 0.3) is 0 Å². The van der Waals surface area contributed by atoms with Gasteiger partial charge in [-0.1, -0.05) is 133 Å². The SMILES string of the molecule is C1=C(C2=C[P+](c3ccccc3)(c3ccccc3)C=C(c3ccccc3)O2)OC(c2ccccc2)=C[P+]1(c1ccccc1)c1ccccc1. The molecule has 0 fully saturated rings. The molecule has 0 atom stereocenters. The third-order valence-electron chi connectivity index (χ3n) is 8.82. The van der Waals surface area contributed by atoms with Crippen LogP contribution in [0.4, 0.5) is 0 Å². The molecule has 2 heterocycles. The van der Waals surface area contributed by atoms with Crippen molar-refractivity contribution in [1.29, 1.82) is 0 Å². The van der Waals surface area contributed by atoms with Crippen LogP contribution in [0.25, 0.3) is 11.5 Å². The Bertz CT molecular complexity index is 1900. The molecule has 0 bridgehead atoms. The Morgan fingerprint density at radius 3 is 0.750 bits per heavy atom. The van der Waals surface area contributed by atoms with Gasteiger partial charge in [-0.05, 0) is 48.5 Å². The average Bonchev–Trinajstić information content (AvgIpc) is 3.19. The van der Waals surface area contributed by atoms with Crippen LogP contribution in [0.5, 0.6) is 0 Å². The molecule has 2 aliphatic rings. The van der Waals surface area contributed by atoms with Gasteiger partial charge in [0.1, 0.15) is 59.0 Å². The summed E-state index contributed by atoms with van der Waals surface area (Å²) in [5.41, 5.74) is 2.06. The summed E-state index contributed by atoms with van der Waals surface area (Å²) in [5, 5.41) is 5.03. The largest absolute Gasteiger partial charge is 0.446 e. The Balaban J connectivity index is 1.41. The first kappa shape index (κ1) is 30.1. The van der Waals surface area contributed by atoms with Crippen LogP contribution in [0.15, 0.2) is 217 Å². The first-order valence-corrected chi connectivity index (χ1v) is 20.0. The van der Waals surface area contributed by atoms with Crippen molar-refractivity contribution in [2.45, 2.75) is 0 Å². The van der Waals surface area contributed by atoms with Gasteiger partial charge in [-0.3, -0.25) is 0 Å². The average molecular weight is 657 g/mol. The Morgan fingerprint density at radius 1 is 0.250 bits per heavy atom. The van der Waals surface area contributed by atoms with Crippen molar-refractivity contribution < 1.29 is 9.47 Å². The fraction of sp³-hybridized carbons (Fsp3) is 0. The molecule has 0 aromatic heterocycles. The second kappa shape index (κ2) is 13.1. The Labute approximate surface area is 283 Å². The fourth-order valence-corrected chi connectivity index (χ4v) is 13.3. The summed E-state index contributed by atoms with van der Waals surface area (Å²) < 4.78 is 14.0. The number of hydrogen-bond donors (Lipinski definition) is 0. The molecule has 230 valence electrons. The van der Waals surface area contributed by atoms with E-state index >= 15 is 0 Å². The molecule has 0 amide bonds. The van der Waals surface area contributed by atoms with Gasteiger partial charge in [0, 0.05) is 11.1 Å². The van der Waals surface area contributed by atoms with E-state index in [2.05, 4.69) is 193 Å². The monoisotopic (exact) mass is 656 g/mol. The van der Waals surface area contributed by atoms with Crippen LogP contribution in [0.2, 0.25) is 0 Å². The molecular formula is C44H34O2P2+2. The molecule has 48 heavy (non-hydrogen) atoms. The highest BCUT2D eigenvalue weighted by Crippen LogP contribution is 2.68. The number of rotatable bonds is 7. The molecule has 0 spiro atoms. The molecule has 2 nitrogen and oxygen atoms in total. The molecule has 0 saturated carbocycles. The van der Waals surface area contributed by atoms with Gasteiger partial charge in [0.2, 0.25) is 11.5 Å². The zero-order chi connectivity index (χ0) is 32.2. The molecule has 6 aromatic rings. The van der Waals surface area contributed by atoms with E-state index < -0.39 is 14.5 Å². The van der Waals surface area contributed by atoms with E-state index in [4.69, 9.17) is 9.47 Å². The van der Waals surface area contributed by atoms with E-state index in [1.54, 1.807) is 0 Å². The van der Waals surface area contributed by atoms with Gasteiger partial charge >= 0.3 is 0 Å². The lowest BCUT2D eigenvalue weighted by Gasteiger charge is -2.30. The van der Waals surface area contributed by atoms with Crippen molar-refractivity contribution in [2.24, 2.45) is 0 Å². The minimum Gasteiger partial charge on any atom is -0.446 e. The van der Waals surface area contributed by atoms with E-state index in [1.807, 2.05) is 12.1 Å². The maximum Gasteiger partial charge on any atom is 0.209 e. The van der Waals surface area contributed by atoms with Crippen molar-refractivity contribution >= 4 is 47.3 Å². The second-order valence-corrected chi connectivity index (χ2v) is 18.0. The summed E-state index contributed by atoms with van der Waals surface area (Å²) in [6.07, 6.45) is 0. The van der Waals surface area contributed by atoms with E-state index in [0.29, 0.717) is 0 Å². The first-order valence-electron chi connectivity index (χ1n) is 16.1. The number of hydrogen-bond acceptors (Lipinski definition) is 2. The zero-order valence-electron chi connectivity index (χ0n) is 26.3. The molecule has 0 aliphatic carbocycles. The summed E-state index contributed by atoms with van der Waals surface area (Å²) in [4.78, 5) is 0. The molecule has 6 aromatic carbocycles. The molecule has 4 heteroatoms. The summed E-state index contributed by atoms with van der Waals surface area (Å²) in [5.74, 6) is 12.6. The van der Waals surface area contributed by atoms with Gasteiger partial charge in [0.15, 0.2) is 11.5 Å². The summed E-state index contributed by atoms with van der Waals surface area (Å²) in [6.45, 7) is 0. The highest BCUT2D eigenvalue weighted by molar-refractivity contribution is 7.95. The minimum absolute atomic E-state index is 0.732. The lowest BCUT2D eigenvalue weighted by Crippen LogP contribution is -2.24. The van der Waals surface area contributed by atoms with Gasteiger partial charge < -0.3 is 9.47 Å². The zero-order valence-corrected chi connectivity index (χ0v) is 28.1. The van der Waals surface area contributed by atoms with Gasteiger partial charge in [-0.25, -0.2) is 0 Å². The highest BCUT2D eigenvalue weighted by atomic mass is 31.2. The van der Waals surface area contributed by atoms with Crippen LogP contribution >= 0.6 is 14.5 Å². The predicted octanol–water partition coefficient (Wildman–Crippen LogP) is 10.1. The van der Waals surface area contributed by atoms with Gasteiger partial charge in [0.05, 0.1) is 0 Å². The summed E-state index contributed by atoms with van der Waals surface area (Å²) in [7, 11) is -4.59. The molecule has 0 saturated heterocycles. The van der Waals surface area contributed by atoms with E-state index in [9.17, 15) is 0 Å². The smallest absolute Gasteiger partial charge is 0.209 e. The van der Waals surface area contributed by atoms with Crippen molar-refractivity contribution in [2.75, 3.05) is 0 Å². The Kier molecular flexibility index (Phi) is 8.21. The third-order valence-corrected chi connectivity index (χ3v) is 16.0. The van der Waals surface area contributed by atoms with E-state index in [1.165, 1.54) is 21.2 Å². The van der Waals surface area contributed by atoms with E-state index in [-0.39, 0.29) is 0 Å². The lowest BCUT2D eigenvalue weighted by atomic mass is 10.2. The van der Waals surface area contributed by atoms with Crippen molar-refractivity contribution in [3.63, 3.8) is 0 Å². The van der Waals surface area contributed by atoms with Crippen LogP contribution in [-0.4, -0.2) is 0 Å². The third kappa shape index (κ3) is 5.65. The van der Waals surface area contributed by atoms with Gasteiger partial charge in [-0.15, -0.1) is 0 Å². The van der Waals surface area contributed by atoms with Crippen molar-refractivity contribution in [3.8, 4) is 0 Å². The molecule has 0 N–H and O–H groups in total. The molecule has 8 rings (SSSR count). The van der Waals surface area contributed by atoms with Crippen LogP contribution < -0.4 is 21.2 Å². The first-order chi connectivity index (χ1) is 23.7. The quantitative estimate of drug-likeness (QED) is 0.159. The van der Waals surface area contributed by atoms with Crippen molar-refractivity contribution in [3.05, 3.63) is 228 Å². The summed E-state index contributed by atoms with van der Waals surface area (Å²) >= 11 is 0. The Hall–Kier alpha value is -5.26.